The molecule has 4 aromatic rings. The van der Waals surface area contributed by atoms with Crippen molar-refractivity contribution in [3.8, 4) is 0 Å². The number of carbonyl (C=O) groups is 1. The normalized spacial score (nSPS) is 16.9. The second-order valence-corrected chi connectivity index (χ2v) is 9.11. The van der Waals surface area contributed by atoms with Crippen molar-refractivity contribution >= 4 is 22.5 Å². The number of ether oxygens (including phenoxy) is 1. The molecular weight excluding hydrogens is 416 g/mol. The first-order valence-electron chi connectivity index (χ1n) is 11.6. The van der Waals surface area contributed by atoms with Gasteiger partial charge in [0.2, 0.25) is 0 Å². The molecule has 1 N–H and O–H groups in total. The van der Waals surface area contributed by atoms with Gasteiger partial charge in [0.25, 0.3) is 11.5 Å². The quantitative estimate of drug-likeness (QED) is 0.515. The van der Waals surface area contributed by atoms with Gasteiger partial charge in [-0.2, -0.15) is 0 Å². The van der Waals surface area contributed by atoms with Crippen LogP contribution in [0.1, 0.15) is 51.6 Å². The van der Waals surface area contributed by atoms with Gasteiger partial charge in [-0.1, -0.05) is 24.3 Å². The molecule has 0 aliphatic carbocycles. The zero-order valence-electron chi connectivity index (χ0n) is 18.6. The Kier molecular flexibility index (Phi) is 4.80. The lowest BCUT2D eigenvalue weighted by Gasteiger charge is -2.29. The Labute approximate surface area is 191 Å². The number of carbonyl (C=O) groups excluding carboxylic acids is 1. The molecule has 2 aliphatic heterocycles. The molecule has 0 spiro atoms. The van der Waals surface area contributed by atoms with E-state index in [9.17, 15) is 9.59 Å². The summed E-state index contributed by atoms with van der Waals surface area (Å²) < 4.78 is 7.49. The smallest absolute Gasteiger partial charge is 0.274 e. The number of fused-ring (bicyclic) bond motifs is 4. The molecule has 2 aliphatic rings. The molecule has 2 aromatic carbocycles. The van der Waals surface area contributed by atoms with Crippen LogP contribution in [0.25, 0.3) is 16.6 Å². The van der Waals surface area contributed by atoms with E-state index < -0.39 is 0 Å². The minimum absolute atomic E-state index is 0.000123. The largest absolute Gasteiger partial charge is 0.381 e. The number of H-pyrrole nitrogens is 1. The van der Waals surface area contributed by atoms with Gasteiger partial charge in [0.05, 0.1) is 17.2 Å². The van der Waals surface area contributed by atoms with Crippen LogP contribution in [0.2, 0.25) is 0 Å². The molecular formula is C26H26N4O3. The molecule has 7 heteroatoms. The minimum Gasteiger partial charge on any atom is -0.381 e. The van der Waals surface area contributed by atoms with Crippen LogP contribution < -0.4 is 5.56 Å². The number of rotatable bonds is 2. The Bertz CT molecular complexity index is 1450. The topological polar surface area (TPSA) is 79.7 Å². The molecule has 1 amide bonds. The van der Waals surface area contributed by atoms with Crippen LogP contribution in [0.3, 0.4) is 0 Å². The van der Waals surface area contributed by atoms with Crippen molar-refractivity contribution in [1.29, 1.82) is 0 Å². The maximum Gasteiger partial charge on any atom is 0.274 e. The average molecular weight is 443 g/mol. The highest BCUT2D eigenvalue weighted by Crippen LogP contribution is 2.29. The van der Waals surface area contributed by atoms with Crippen LogP contribution in [-0.4, -0.2) is 44.9 Å². The fourth-order valence-corrected chi connectivity index (χ4v) is 5.26. The molecule has 7 nitrogen and oxygen atoms in total. The number of hydrogen-bond donors (Lipinski definition) is 1. The van der Waals surface area contributed by atoms with Gasteiger partial charge in [0, 0.05) is 37.8 Å². The van der Waals surface area contributed by atoms with Crippen molar-refractivity contribution in [2.75, 3.05) is 19.8 Å². The number of benzene rings is 2. The Morgan fingerprint density at radius 1 is 1.12 bits per heavy atom. The predicted molar refractivity (Wildman–Crippen MR) is 126 cm³/mol. The van der Waals surface area contributed by atoms with E-state index in [0.717, 1.165) is 36.2 Å². The Morgan fingerprint density at radius 2 is 1.91 bits per heavy atom. The lowest BCUT2D eigenvalue weighted by atomic mass is 9.98. The Balaban J connectivity index is 1.43. The monoisotopic (exact) mass is 442 g/mol. The number of imidazole rings is 1. The molecule has 1 saturated heterocycles. The number of aromatic nitrogens is 3. The van der Waals surface area contributed by atoms with Gasteiger partial charge in [-0.15, -0.1) is 0 Å². The van der Waals surface area contributed by atoms with Crippen molar-refractivity contribution in [2.24, 2.45) is 0 Å². The van der Waals surface area contributed by atoms with Crippen molar-refractivity contribution in [3.05, 3.63) is 81.0 Å². The predicted octanol–water partition coefficient (Wildman–Crippen LogP) is 3.58. The van der Waals surface area contributed by atoms with Gasteiger partial charge in [-0.05, 0) is 55.0 Å². The first kappa shape index (κ1) is 20.2. The SMILES string of the molecule is Cc1cc2c(cc1C(=O)N1CCc3ccccc3C1)[nH]c(=O)c1cnc(C3CCOCC3)n12. The summed E-state index contributed by atoms with van der Waals surface area (Å²) in [4.78, 5) is 35.8. The molecule has 0 bridgehead atoms. The summed E-state index contributed by atoms with van der Waals surface area (Å²) in [6, 6.07) is 12.1. The number of aryl methyl sites for hydroxylation is 1. The second kappa shape index (κ2) is 7.85. The van der Waals surface area contributed by atoms with Crippen molar-refractivity contribution in [2.45, 2.75) is 38.6 Å². The third kappa shape index (κ3) is 3.35. The highest BCUT2D eigenvalue weighted by Gasteiger charge is 2.25. The number of amides is 1. The van der Waals surface area contributed by atoms with Gasteiger partial charge in [-0.3, -0.25) is 14.0 Å². The van der Waals surface area contributed by atoms with E-state index in [-0.39, 0.29) is 17.4 Å². The molecule has 6 rings (SSSR count). The summed E-state index contributed by atoms with van der Waals surface area (Å²) in [5.41, 5.74) is 5.91. The minimum atomic E-state index is -0.192. The van der Waals surface area contributed by atoms with Gasteiger partial charge < -0.3 is 14.6 Å². The number of hydrogen-bond acceptors (Lipinski definition) is 4. The molecule has 168 valence electrons. The average Bonchev–Trinajstić information content (AvgIpc) is 3.30. The molecule has 0 saturated carbocycles. The van der Waals surface area contributed by atoms with Crippen LogP contribution >= 0.6 is 0 Å². The number of aromatic amines is 1. The molecule has 1 fully saturated rings. The summed E-state index contributed by atoms with van der Waals surface area (Å²) in [5.74, 6) is 1.15. The molecule has 0 radical (unpaired) electrons. The fourth-order valence-electron chi connectivity index (χ4n) is 5.26. The third-order valence-electron chi connectivity index (χ3n) is 7.09. The molecule has 2 aromatic heterocycles. The third-order valence-corrected chi connectivity index (χ3v) is 7.09. The van der Waals surface area contributed by atoms with Crippen LogP contribution in [0.5, 0.6) is 0 Å². The Morgan fingerprint density at radius 3 is 2.73 bits per heavy atom. The molecule has 0 unspecified atom stereocenters. The zero-order chi connectivity index (χ0) is 22.5. The molecule has 0 atom stereocenters. The summed E-state index contributed by atoms with van der Waals surface area (Å²) in [7, 11) is 0. The van der Waals surface area contributed by atoms with E-state index in [1.54, 1.807) is 6.20 Å². The second-order valence-electron chi connectivity index (χ2n) is 9.11. The van der Waals surface area contributed by atoms with Crippen LogP contribution in [0.15, 0.2) is 47.4 Å². The van der Waals surface area contributed by atoms with E-state index in [0.29, 0.717) is 42.9 Å². The van der Waals surface area contributed by atoms with E-state index >= 15 is 0 Å². The van der Waals surface area contributed by atoms with Crippen LogP contribution in [0, 0.1) is 6.92 Å². The van der Waals surface area contributed by atoms with E-state index in [1.165, 1.54) is 11.1 Å². The van der Waals surface area contributed by atoms with E-state index in [4.69, 9.17) is 4.74 Å². The first-order valence-corrected chi connectivity index (χ1v) is 11.6. The lowest BCUT2D eigenvalue weighted by Crippen LogP contribution is -2.36. The van der Waals surface area contributed by atoms with Crippen LogP contribution in [-0.2, 0) is 17.7 Å². The summed E-state index contributed by atoms with van der Waals surface area (Å²) in [6.07, 6.45) is 4.29. The molecule has 33 heavy (non-hydrogen) atoms. The molecule has 4 heterocycles. The number of nitrogens with one attached hydrogen (secondary N) is 1. The van der Waals surface area contributed by atoms with Gasteiger partial charge in [-0.25, -0.2) is 4.98 Å². The highest BCUT2D eigenvalue weighted by molar-refractivity contribution is 5.99. The van der Waals surface area contributed by atoms with Crippen molar-refractivity contribution < 1.29 is 9.53 Å². The maximum atomic E-state index is 13.5. The van der Waals surface area contributed by atoms with Crippen LogP contribution in [0.4, 0.5) is 0 Å². The summed E-state index contributed by atoms with van der Waals surface area (Å²) in [6.45, 7) is 4.68. The highest BCUT2D eigenvalue weighted by atomic mass is 16.5. The van der Waals surface area contributed by atoms with Gasteiger partial charge in [0.1, 0.15) is 11.3 Å². The van der Waals surface area contributed by atoms with Gasteiger partial charge in [0.15, 0.2) is 0 Å². The standard InChI is InChI=1S/C26H26N4O3/c1-16-12-22-21(13-20(16)26(32)29-9-6-17-4-2-3-5-19(17)15-29)28-25(31)23-14-27-24(30(22)23)18-7-10-33-11-8-18/h2-5,12-14,18H,6-11,15H2,1H3,(H,28,31). The summed E-state index contributed by atoms with van der Waals surface area (Å²) >= 11 is 0. The maximum absolute atomic E-state index is 13.5. The van der Waals surface area contributed by atoms with Crippen molar-refractivity contribution in [3.63, 3.8) is 0 Å². The van der Waals surface area contributed by atoms with Gasteiger partial charge >= 0.3 is 0 Å². The fraction of sp³-hybridized carbons (Fsp3) is 0.346. The first-order chi connectivity index (χ1) is 16.1. The summed E-state index contributed by atoms with van der Waals surface area (Å²) in [5, 5.41) is 0. The van der Waals surface area contributed by atoms with Crippen molar-refractivity contribution in [1.82, 2.24) is 19.3 Å². The van der Waals surface area contributed by atoms with E-state index in [1.807, 2.05) is 40.5 Å². The zero-order valence-corrected chi connectivity index (χ0v) is 18.6. The lowest BCUT2D eigenvalue weighted by molar-refractivity contribution is 0.0734. The number of nitrogens with zero attached hydrogens (tertiary/aromatic N) is 3. The Hall–Kier alpha value is -3.45. The van der Waals surface area contributed by atoms with E-state index in [2.05, 4.69) is 22.1 Å².